The summed E-state index contributed by atoms with van der Waals surface area (Å²) in [6.07, 6.45) is 3.72. The SMILES string of the molecule is CC(C)n1cncc1CNCc1ccc(F)cc1. The molecular formula is C14H18FN3. The summed E-state index contributed by atoms with van der Waals surface area (Å²) >= 11 is 0. The number of nitrogens with zero attached hydrogens (tertiary/aromatic N) is 2. The van der Waals surface area contributed by atoms with Crippen LogP contribution in [0, 0.1) is 5.82 Å². The third-order valence-electron chi connectivity index (χ3n) is 2.85. The van der Waals surface area contributed by atoms with Crippen LogP contribution in [0.15, 0.2) is 36.8 Å². The van der Waals surface area contributed by atoms with Crippen molar-refractivity contribution in [2.24, 2.45) is 0 Å². The van der Waals surface area contributed by atoms with Crippen molar-refractivity contribution in [2.75, 3.05) is 0 Å². The fourth-order valence-corrected chi connectivity index (χ4v) is 1.87. The maximum absolute atomic E-state index is 12.7. The van der Waals surface area contributed by atoms with Gasteiger partial charge in [-0.15, -0.1) is 0 Å². The first-order valence-electron chi connectivity index (χ1n) is 6.12. The molecule has 4 heteroatoms. The summed E-state index contributed by atoms with van der Waals surface area (Å²) in [6, 6.07) is 6.96. The van der Waals surface area contributed by atoms with Crippen molar-refractivity contribution < 1.29 is 4.39 Å². The predicted octanol–water partition coefficient (Wildman–Crippen LogP) is 2.89. The molecule has 0 bridgehead atoms. The smallest absolute Gasteiger partial charge is 0.123 e. The van der Waals surface area contributed by atoms with E-state index in [0.717, 1.165) is 24.3 Å². The van der Waals surface area contributed by atoms with Gasteiger partial charge in [-0.25, -0.2) is 9.37 Å². The van der Waals surface area contributed by atoms with Gasteiger partial charge in [0.1, 0.15) is 5.82 Å². The van der Waals surface area contributed by atoms with Crippen molar-refractivity contribution in [3.8, 4) is 0 Å². The average Bonchev–Trinajstić information content (AvgIpc) is 2.80. The van der Waals surface area contributed by atoms with Crippen molar-refractivity contribution in [3.05, 3.63) is 53.9 Å². The molecule has 0 fully saturated rings. The number of aromatic nitrogens is 2. The fraction of sp³-hybridized carbons (Fsp3) is 0.357. The van der Waals surface area contributed by atoms with Gasteiger partial charge in [-0.1, -0.05) is 12.1 Å². The molecular weight excluding hydrogens is 229 g/mol. The van der Waals surface area contributed by atoms with E-state index in [2.05, 4.69) is 28.7 Å². The molecule has 1 aromatic heterocycles. The second-order valence-electron chi connectivity index (χ2n) is 4.62. The summed E-state index contributed by atoms with van der Waals surface area (Å²) in [5.74, 6) is -0.198. The van der Waals surface area contributed by atoms with Gasteiger partial charge < -0.3 is 9.88 Å². The summed E-state index contributed by atoms with van der Waals surface area (Å²) < 4.78 is 14.9. The molecule has 0 atom stereocenters. The quantitative estimate of drug-likeness (QED) is 0.880. The number of hydrogen-bond donors (Lipinski definition) is 1. The third kappa shape index (κ3) is 3.17. The maximum Gasteiger partial charge on any atom is 0.123 e. The number of nitrogens with one attached hydrogen (secondary N) is 1. The molecule has 2 rings (SSSR count). The Morgan fingerprint density at radius 3 is 2.61 bits per heavy atom. The van der Waals surface area contributed by atoms with Gasteiger partial charge >= 0.3 is 0 Å². The second-order valence-corrected chi connectivity index (χ2v) is 4.62. The van der Waals surface area contributed by atoms with E-state index >= 15 is 0 Å². The topological polar surface area (TPSA) is 29.9 Å². The third-order valence-corrected chi connectivity index (χ3v) is 2.85. The zero-order valence-electron chi connectivity index (χ0n) is 10.7. The summed E-state index contributed by atoms with van der Waals surface area (Å²) in [5, 5.41) is 3.34. The van der Waals surface area contributed by atoms with E-state index in [1.165, 1.54) is 12.1 Å². The number of benzene rings is 1. The fourth-order valence-electron chi connectivity index (χ4n) is 1.87. The van der Waals surface area contributed by atoms with Gasteiger partial charge in [0.2, 0.25) is 0 Å². The molecule has 0 aliphatic rings. The monoisotopic (exact) mass is 247 g/mol. The van der Waals surface area contributed by atoms with Gasteiger partial charge in [-0.3, -0.25) is 0 Å². The highest BCUT2D eigenvalue weighted by Gasteiger charge is 2.04. The van der Waals surface area contributed by atoms with Crippen LogP contribution in [-0.4, -0.2) is 9.55 Å². The first-order chi connectivity index (χ1) is 8.66. The van der Waals surface area contributed by atoms with Crippen LogP contribution in [0.1, 0.15) is 31.1 Å². The van der Waals surface area contributed by atoms with Crippen LogP contribution in [0.5, 0.6) is 0 Å². The van der Waals surface area contributed by atoms with Gasteiger partial charge in [-0.05, 0) is 31.5 Å². The molecule has 0 aliphatic carbocycles. The number of rotatable bonds is 5. The van der Waals surface area contributed by atoms with Crippen LogP contribution in [0.2, 0.25) is 0 Å². The normalized spacial score (nSPS) is 11.1. The minimum Gasteiger partial charge on any atom is -0.331 e. The minimum absolute atomic E-state index is 0.198. The van der Waals surface area contributed by atoms with E-state index in [9.17, 15) is 4.39 Å². The van der Waals surface area contributed by atoms with Crippen molar-refractivity contribution in [2.45, 2.75) is 33.0 Å². The molecule has 1 aromatic carbocycles. The molecule has 1 heterocycles. The molecule has 0 spiro atoms. The lowest BCUT2D eigenvalue weighted by Crippen LogP contribution is -2.16. The van der Waals surface area contributed by atoms with Crippen LogP contribution in [0.25, 0.3) is 0 Å². The molecule has 0 amide bonds. The van der Waals surface area contributed by atoms with Crippen LogP contribution in [0.3, 0.4) is 0 Å². The van der Waals surface area contributed by atoms with E-state index in [1.807, 2.05) is 12.5 Å². The number of halogens is 1. The Labute approximate surface area is 107 Å². The van der Waals surface area contributed by atoms with Crippen LogP contribution in [0.4, 0.5) is 4.39 Å². The zero-order chi connectivity index (χ0) is 13.0. The largest absolute Gasteiger partial charge is 0.331 e. The predicted molar refractivity (Wildman–Crippen MR) is 69.6 cm³/mol. The lowest BCUT2D eigenvalue weighted by Gasteiger charge is -2.12. The van der Waals surface area contributed by atoms with Gasteiger partial charge in [0.15, 0.2) is 0 Å². The second kappa shape index (κ2) is 5.78. The Bertz CT molecular complexity index is 488. The van der Waals surface area contributed by atoms with Gasteiger partial charge in [0.05, 0.1) is 12.0 Å². The Hall–Kier alpha value is -1.68. The van der Waals surface area contributed by atoms with E-state index in [0.29, 0.717) is 6.04 Å². The summed E-state index contributed by atoms with van der Waals surface area (Å²) in [6.45, 7) is 5.75. The Morgan fingerprint density at radius 1 is 1.22 bits per heavy atom. The highest BCUT2D eigenvalue weighted by molar-refractivity contribution is 5.15. The molecule has 2 aromatic rings. The number of hydrogen-bond acceptors (Lipinski definition) is 2. The first kappa shape index (κ1) is 12.8. The Balaban J connectivity index is 1.88. The Morgan fingerprint density at radius 2 is 1.94 bits per heavy atom. The molecule has 0 saturated carbocycles. The highest BCUT2D eigenvalue weighted by Crippen LogP contribution is 2.09. The van der Waals surface area contributed by atoms with Gasteiger partial charge in [0.25, 0.3) is 0 Å². The zero-order valence-corrected chi connectivity index (χ0v) is 10.7. The van der Waals surface area contributed by atoms with Crippen molar-refractivity contribution in [3.63, 3.8) is 0 Å². The molecule has 96 valence electrons. The van der Waals surface area contributed by atoms with Crippen molar-refractivity contribution >= 4 is 0 Å². The summed E-state index contributed by atoms with van der Waals surface area (Å²) in [4.78, 5) is 4.15. The molecule has 1 N–H and O–H groups in total. The van der Waals surface area contributed by atoms with Crippen molar-refractivity contribution in [1.29, 1.82) is 0 Å². The van der Waals surface area contributed by atoms with Crippen LogP contribution >= 0.6 is 0 Å². The average molecular weight is 247 g/mol. The first-order valence-corrected chi connectivity index (χ1v) is 6.12. The van der Waals surface area contributed by atoms with E-state index in [1.54, 1.807) is 12.1 Å². The molecule has 18 heavy (non-hydrogen) atoms. The van der Waals surface area contributed by atoms with E-state index in [4.69, 9.17) is 0 Å². The van der Waals surface area contributed by atoms with Crippen LogP contribution in [-0.2, 0) is 13.1 Å². The molecule has 0 saturated heterocycles. The highest BCUT2D eigenvalue weighted by atomic mass is 19.1. The Kier molecular flexibility index (Phi) is 4.10. The molecule has 0 aliphatic heterocycles. The van der Waals surface area contributed by atoms with Crippen LogP contribution < -0.4 is 5.32 Å². The lowest BCUT2D eigenvalue weighted by molar-refractivity contribution is 0.550. The molecule has 3 nitrogen and oxygen atoms in total. The van der Waals surface area contributed by atoms with E-state index in [-0.39, 0.29) is 5.82 Å². The lowest BCUT2D eigenvalue weighted by atomic mass is 10.2. The molecule has 0 radical (unpaired) electrons. The maximum atomic E-state index is 12.7. The van der Waals surface area contributed by atoms with E-state index < -0.39 is 0 Å². The number of imidazole rings is 1. The molecule has 0 unspecified atom stereocenters. The minimum atomic E-state index is -0.198. The van der Waals surface area contributed by atoms with Crippen molar-refractivity contribution in [1.82, 2.24) is 14.9 Å². The van der Waals surface area contributed by atoms with Gasteiger partial charge in [-0.2, -0.15) is 0 Å². The summed E-state index contributed by atoms with van der Waals surface area (Å²) in [7, 11) is 0. The summed E-state index contributed by atoms with van der Waals surface area (Å²) in [5.41, 5.74) is 2.24. The standard InChI is InChI=1S/C14H18FN3/c1-11(2)18-10-17-9-14(18)8-16-7-12-3-5-13(15)6-4-12/h3-6,9-11,16H,7-8H2,1-2H3. The van der Waals surface area contributed by atoms with Gasteiger partial charge in [0, 0.05) is 25.3 Å².